The average molecular weight is 497 g/mol. The van der Waals surface area contributed by atoms with Crippen LogP contribution in [0.1, 0.15) is 28.7 Å². The Morgan fingerprint density at radius 1 is 0.778 bits per heavy atom. The maximum atomic E-state index is 10.5. The van der Waals surface area contributed by atoms with E-state index in [1.54, 1.807) is 0 Å². The van der Waals surface area contributed by atoms with Crippen LogP contribution in [0, 0.1) is 0 Å². The minimum atomic E-state index is -1.47. The van der Waals surface area contributed by atoms with Gasteiger partial charge in [0, 0.05) is 12.2 Å². The van der Waals surface area contributed by atoms with Crippen molar-refractivity contribution in [3.63, 3.8) is 0 Å². The van der Waals surface area contributed by atoms with Crippen LogP contribution in [0.5, 0.6) is 0 Å². The Hall–Kier alpha value is -1.92. The molecule has 0 spiro atoms. The Morgan fingerprint density at radius 3 is 1.22 bits per heavy atom. The van der Waals surface area contributed by atoms with E-state index in [1.165, 1.54) is 13.8 Å². The third-order valence-electron chi connectivity index (χ3n) is 1.64. The molecule has 0 aromatic carbocycles. The zero-order valence-corrected chi connectivity index (χ0v) is 16.4. The standard InChI is InChI=1S/2C7H10O5.2CH4.Sn/c2*1-5(8)4-12-7(11)3-2-6(9)10;;;/h2*2-3,5,8H,4H2,1H3,(H,9,10);2*1H4;/q;;;;+2/p-2/b2*3-2-;;;. The minimum absolute atomic E-state index is 0. The Bertz CT molecular complexity index is 440. The van der Waals surface area contributed by atoms with Gasteiger partial charge in [-0.25, -0.2) is 9.59 Å². The molecule has 2 unspecified atom stereocenters. The number of aliphatic hydroxyl groups excluding tert-OH is 2. The van der Waals surface area contributed by atoms with Crippen LogP contribution in [-0.2, 0) is 28.7 Å². The first-order valence-electron chi connectivity index (χ1n) is 6.52. The van der Waals surface area contributed by atoms with Crippen LogP contribution >= 0.6 is 0 Å². The first kappa shape index (κ1) is 36.1. The molecular formula is C16H26O10Sn. The SMILES string of the molecule is C.C.CC(O)COC(=O)/C=C\C(=O)[O-].CC(O)COC(=O)/C=C\C(=O)[O-].[Sn+2]. The summed E-state index contributed by atoms with van der Waals surface area (Å²) >= 11 is 0. The molecule has 11 heteroatoms. The van der Waals surface area contributed by atoms with E-state index in [0.717, 1.165) is 12.2 Å². The van der Waals surface area contributed by atoms with Gasteiger partial charge in [-0.15, -0.1) is 0 Å². The van der Waals surface area contributed by atoms with Gasteiger partial charge in [-0.2, -0.15) is 0 Å². The second-order valence-corrected chi connectivity index (χ2v) is 4.26. The molecule has 2 radical (unpaired) electrons. The fourth-order valence-corrected chi connectivity index (χ4v) is 0.774. The Labute approximate surface area is 175 Å². The molecule has 10 nitrogen and oxygen atoms in total. The fraction of sp³-hybridized carbons (Fsp3) is 0.500. The summed E-state index contributed by atoms with van der Waals surface area (Å²) in [4.78, 5) is 40.7. The number of rotatable bonds is 8. The number of hydrogen-bond donors (Lipinski definition) is 2. The molecular weight excluding hydrogens is 471 g/mol. The van der Waals surface area contributed by atoms with Gasteiger partial charge in [0.15, 0.2) is 0 Å². The number of esters is 2. The number of carboxylic acid groups (broad SMARTS) is 2. The molecule has 0 rings (SSSR count). The van der Waals surface area contributed by atoms with Crippen LogP contribution in [0.4, 0.5) is 0 Å². The predicted molar refractivity (Wildman–Crippen MR) is 92.8 cm³/mol. The van der Waals surface area contributed by atoms with E-state index in [4.69, 9.17) is 10.2 Å². The van der Waals surface area contributed by atoms with Crippen LogP contribution in [0.3, 0.4) is 0 Å². The number of carboxylic acids is 2. The summed E-state index contributed by atoms with van der Waals surface area (Å²) in [6.07, 6.45) is 1.04. The Balaban J connectivity index is -0.000000108. The molecule has 2 atom stereocenters. The van der Waals surface area contributed by atoms with Gasteiger partial charge < -0.3 is 39.5 Å². The molecule has 0 amide bonds. The number of aliphatic carboxylic acids is 2. The van der Waals surface area contributed by atoms with Crippen LogP contribution in [0.25, 0.3) is 0 Å². The first-order valence-corrected chi connectivity index (χ1v) is 6.52. The van der Waals surface area contributed by atoms with Crippen molar-refractivity contribution < 1.29 is 49.1 Å². The molecule has 0 fully saturated rings. The molecule has 0 saturated heterocycles. The van der Waals surface area contributed by atoms with E-state index in [0.29, 0.717) is 12.2 Å². The molecule has 27 heavy (non-hydrogen) atoms. The summed E-state index contributed by atoms with van der Waals surface area (Å²) in [6.45, 7) is 2.57. The van der Waals surface area contributed by atoms with Crippen molar-refractivity contribution in [1.82, 2.24) is 0 Å². The van der Waals surface area contributed by atoms with Gasteiger partial charge in [0.1, 0.15) is 13.2 Å². The zero-order valence-electron chi connectivity index (χ0n) is 13.5. The smallest absolute Gasteiger partial charge is 0.545 e. The largest absolute Gasteiger partial charge is 2.00 e. The van der Waals surface area contributed by atoms with Crippen molar-refractivity contribution in [3.8, 4) is 0 Å². The molecule has 0 bridgehead atoms. The third kappa shape index (κ3) is 35.9. The molecule has 154 valence electrons. The van der Waals surface area contributed by atoms with Crippen LogP contribution in [0.15, 0.2) is 24.3 Å². The van der Waals surface area contributed by atoms with Crippen molar-refractivity contribution in [2.45, 2.75) is 40.9 Å². The maximum absolute atomic E-state index is 10.5. The summed E-state index contributed by atoms with van der Waals surface area (Å²) in [7, 11) is 0. The number of hydrogen-bond acceptors (Lipinski definition) is 10. The van der Waals surface area contributed by atoms with Gasteiger partial charge in [-0.3, -0.25) is 0 Å². The predicted octanol–water partition coefficient (Wildman–Crippen LogP) is -2.68. The van der Waals surface area contributed by atoms with E-state index in [-0.39, 0.29) is 52.0 Å². The molecule has 0 aliphatic rings. The van der Waals surface area contributed by atoms with E-state index in [9.17, 15) is 29.4 Å². The first-order chi connectivity index (χ1) is 11.0. The third-order valence-corrected chi connectivity index (χ3v) is 1.64. The number of ether oxygens (including phenoxy) is 2. The summed E-state index contributed by atoms with van der Waals surface area (Å²) in [5.41, 5.74) is 0. The van der Waals surface area contributed by atoms with Crippen molar-refractivity contribution in [2.24, 2.45) is 0 Å². The van der Waals surface area contributed by atoms with Gasteiger partial charge >= 0.3 is 35.8 Å². The average Bonchev–Trinajstić information content (AvgIpc) is 2.47. The summed E-state index contributed by atoms with van der Waals surface area (Å²) in [5.74, 6) is -4.58. The Morgan fingerprint density at radius 2 is 1.04 bits per heavy atom. The zero-order chi connectivity index (χ0) is 19.1. The topological polar surface area (TPSA) is 173 Å². The van der Waals surface area contributed by atoms with Crippen molar-refractivity contribution >= 4 is 47.8 Å². The minimum Gasteiger partial charge on any atom is -0.545 e. The quantitative estimate of drug-likeness (QED) is 0.205. The fourth-order valence-electron chi connectivity index (χ4n) is 0.774. The Kier molecular flexibility index (Phi) is 29.5. The van der Waals surface area contributed by atoms with Gasteiger partial charge in [0.05, 0.1) is 24.1 Å². The molecule has 0 saturated carbocycles. The van der Waals surface area contributed by atoms with Crippen LogP contribution < -0.4 is 10.2 Å². The second-order valence-electron chi connectivity index (χ2n) is 4.26. The summed E-state index contributed by atoms with van der Waals surface area (Å²) in [6, 6.07) is 0. The van der Waals surface area contributed by atoms with E-state index in [2.05, 4.69) is 9.47 Å². The van der Waals surface area contributed by atoms with Gasteiger partial charge in [0.2, 0.25) is 0 Å². The van der Waals surface area contributed by atoms with Crippen molar-refractivity contribution in [1.29, 1.82) is 0 Å². The molecule has 0 aliphatic carbocycles. The number of carbonyl (C=O) groups excluding carboxylic acids is 4. The second kappa shape index (κ2) is 22.1. The van der Waals surface area contributed by atoms with E-state index in [1.807, 2.05) is 0 Å². The van der Waals surface area contributed by atoms with Gasteiger partial charge in [0.25, 0.3) is 0 Å². The molecule has 0 heterocycles. The van der Waals surface area contributed by atoms with Crippen LogP contribution in [-0.4, -0.2) is 83.4 Å². The van der Waals surface area contributed by atoms with Gasteiger partial charge in [-0.05, 0) is 26.0 Å². The number of aliphatic hydroxyl groups is 2. The summed E-state index contributed by atoms with van der Waals surface area (Å²) < 4.78 is 8.77. The molecule has 0 aromatic rings. The molecule has 0 aromatic heterocycles. The molecule has 0 aliphatic heterocycles. The van der Waals surface area contributed by atoms with E-state index >= 15 is 0 Å². The van der Waals surface area contributed by atoms with Gasteiger partial charge in [-0.1, -0.05) is 14.9 Å². The van der Waals surface area contributed by atoms with E-state index < -0.39 is 36.1 Å². The maximum Gasteiger partial charge on any atom is 2.00 e. The molecule has 2 N–H and O–H groups in total. The monoisotopic (exact) mass is 498 g/mol. The summed E-state index contributed by atoms with van der Waals surface area (Å²) in [5, 5.41) is 36.9. The van der Waals surface area contributed by atoms with Crippen molar-refractivity contribution in [3.05, 3.63) is 24.3 Å². The van der Waals surface area contributed by atoms with Crippen LogP contribution in [0.2, 0.25) is 0 Å². The normalized spacial score (nSPS) is 11.4. The number of carbonyl (C=O) groups is 4. The van der Waals surface area contributed by atoms with Crippen molar-refractivity contribution in [2.75, 3.05) is 13.2 Å².